The van der Waals surface area contributed by atoms with Crippen LogP contribution in [-0.4, -0.2) is 18.5 Å². The van der Waals surface area contributed by atoms with E-state index in [9.17, 15) is 9.59 Å². The van der Waals surface area contributed by atoms with Crippen molar-refractivity contribution < 1.29 is 14.3 Å². The fraction of sp³-hybridized carbons (Fsp3) is 0.143. The van der Waals surface area contributed by atoms with Gasteiger partial charge in [0.15, 0.2) is 6.61 Å². The number of benzene rings is 2. The van der Waals surface area contributed by atoms with E-state index in [1.54, 1.807) is 6.07 Å². The Morgan fingerprint density at radius 2 is 1.69 bits per heavy atom. The van der Waals surface area contributed by atoms with Crippen molar-refractivity contribution in [2.24, 2.45) is 0 Å². The molecule has 1 heterocycles. The summed E-state index contributed by atoms with van der Waals surface area (Å²) in [5.74, 6) is -0.831. The molecule has 3 aromatic rings. The van der Waals surface area contributed by atoms with Crippen LogP contribution in [0.3, 0.4) is 0 Å². The average molecular weight is 365 g/mol. The van der Waals surface area contributed by atoms with Gasteiger partial charge in [-0.1, -0.05) is 48.5 Å². The number of anilines is 1. The summed E-state index contributed by atoms with van der Waals surface area (Å²) in [5.41, 5.74) is 2.89. The minimum Gasteiger partial charge on any atom is -0.451 e. The summed E-state index contributed by atoms with van der Waals surface area (Å²) in [4.78, 5) is 25.6. The normalized spacial score (nSPS) is 10.3. The number of ether oxygens (including phenoxy) is 1. The highest BCUT2D eigenvalue weighted by atomic mass is 32.1. The number of hydrogen-bond donors (Lipinski definition) is 1. The second kappa shape index (κ2) is 8.45. The van der Waals surface area contributed by atoms with E-state index in [0.717, 1.165) is 21.7 Å². The topological polar surface area (TPSA) is 55.4 Å². The summed E-state index contributed by atoms with van der Waals surface area (Å²) >= 11 is 1.35. The van der Waals surface area contributed by atoms with Gasteiger partial charge in [0.25, 0.3) is 5.91 Å². The Bertz CT molecular complexity index is 902. The summed E-state index contributed by atoms with van der Waals surface area (Å²) < 4.78 is 5.09. The molecule has 1 aromatic heterocycles. The molecule has 0 bridgehead atoms. The number of carbonyl (C=O) groups excluding carboxylic acids is 2. The maximum absolute atomic E-state index is 12.2. The van der Waals surface area contributed by atoms with E-state index in [1.165, 1.54) is 11.3 Å². The SMILES string of the molecule is Cc1ccc(C(=O)OCC(=O)Nc2ccccc2Cc2ccccc2)s1. The fourth-order valence-corrected chi connectivity index (χ4v) is 3.31. The highest BCUT2D eigenvalue weighted by Gasteiger charge is 2.13. The van der Waals surface area contributed by atoms with Crippen LogP contribution in [0.15, 0.2) is 66.7 Å². The third-order valence-electron chi connectivity index (χ3n) is 3.80. The van der Waals surface area contributed by atoms with E-state index in [4.69, 9.17) is 4.74 Å². The molecule has 132 valence electrons. The van der Waals surface area contributed by atoms with Crippen LogP contribution in [0.2, 0.25) is 0 Å². The molecule has 4 nitrogen and oxygen atoms in total. The Labute approximate surface area is 156 Å². The van der Waals surface area contributed by atoms with Crippen molar-refractivity contribution in [3.8, 4) is 0 Å². The Hall–Kier alpha value is -2.92. The predicted octanol–water partition coefficient (Wildman–Crippen LogP) is 4.44. The van der Waals surface area contributed by atoms with Gasteiger partial charge < -0.3 is 10.1 Å². The molecule has 0 atom stereocenters. The molecule has 0 unspecified atom stereocenters. The van der Waals surface area contributed by atoms with Crippen LogP contribution in [0, 0.1) is 6.92 Å². The van der Waals surface area contributed by atoms with E-state index in [-0.39, 0.29) is 12.5 Å². The van der Waals surface area contributed by atoms with Gasteiger partial charge in [0.05, 0.1) is 0 Å². The molecule has 0 spiro atoms. The molecule has 26 heavy (non-hydrogen) atoms. The standard InChI is InChI=1S/C21H19NO3S/c1-15-11-12-19(26-15)21(24)25-14-20(23)22-18-10-6-5-9-17(18)13-16-7-3-2-4-8-16/h2-12H,13-14H2,1H3,(H,22,23). The Kier molecular flexibility index (Phi) is 5.81. The number of aryl methyl sites for hydroxylation is 1. The maximum Gasteiger partial charge on any atom is 0.348 e. The van der Waals surface area contributed by atoms with Crippen LogP contribution in [0.25, 0.3) is 0 Å². The zero-order valence-electron chi connectivity index (χ0n) is 14.4. The lowest BCUT2D eigenvalue weighted by atomic mass is 10.0. The van der Waals surface area contributed by atoms with E-state index in [0.29, 0.717) is 11.3 Å². The van der Waals surface area contributed by atoms with Crippen molar-refractivity contribution in [1.82, 2.24) is 0 Å². The molecule has 0 radical (unpaired) electrons. The van der Waals surface area contributed by atoms with Gasteiger partial charge in [-0.25, -0.2) is 4.79 Å². The molecule has 0 fully saturated rings. The van der Waals surface area contributed by atoms with Crippen LogP contribution in [0.5, 0.6) is 0 Å². The smallest absolute Gasteiger partial charge is 0.348 e. The Morgan fingerprint density at radius 3 is 2.42 bits per heavy atom. The third kappa shape index (κ3) is 4.80. The Balaban J connectivity index is 1.60. The fourth-order valence-electron chi connectivity index (χ4n) is 2.54. The largest absolute Gasteiger partial charge is 0.451 e. The third-order valence-corrected chi connectivity index (χ3v) is 4.79. The summed E-state index contributed by atoms with van der Waals surface area (Å²) in [5, 5.41) is 2.83. The first-order valence-corrected chi connectivity index (χ1v) is 9.09. The molecule has 0 aliphatic carbocycles. The van der Waals surface area contributed by atoms with Gasteiger partial charge in [-0.15, -0.1) is 11.3 Å². The van der Waals surface area contributed by atoms with Crippen LogP contribution < -0.4 is 5.32 Å². The number of carbonyl (C=O) groups is 2. The van der Waals surface area contributed by atoms with Crippen molar-refractivity contribution in [1.29, 1.82) is 0 Å². The number of esters is 1. The van der Waals surface area contributed by atoms with E-state index >= 15 is 0 Å². The molecule has 2 aromatic carbocycles. The molecule has 0 saturated carbocycles. The van der Waals surface area contributed by atoms with E-state index in [1.807, 2.05) is 67.6 Å². The maximum atomic E-state index is 12.2. The van der Waals surface area contributed by atoms with Crippen molar-refractivity contribution in [3.63, 3.8) is 0 Å². The van der Waals surface area contributed by atoms with Crippen molar-refractivity contribution in [2.75, 3.05) is 11.9 Å². The number of thiophene rings is 1. The van der Waals surface area contributed by atoms with Gasteiger partial charge in [-0.05, 0) is 42.7 Å². The first-order valence-electron chi connectivity index (χ1n) is 8.27. The molecule has 1 N–H and O–H groups in total. The van der Waals surface area contributed by atoms with Crippen LogP contribution in [0.4, 0.5) is 5.69 Å². The minimum absolute atomic E-state index is 0.310. The molecule has 0 saturated heterocycles. The van der Waals surface area contributed by atoms with Gasteiger partial charge in [0, 0.05) is 10.6 Å². The minimum atomic E-state index is -0.476. The van der Waals surface area contributed by atoms with Gasteiger partial charge in [-0.3, -0.25) is 4.79 Å². The highest BCUT2D eigenvalue weighted by Crippen LogP contribution is 2.19. The zero-order valence-corrected chi connectivity index (χ0v) is 15.2. The van der Waals surface area contributed by atoms with E-state index in [2.05, 4.69) is 5.32 Å². The first-order chi connectivity index (χ1) is 12.6. The van der Waals surface area contributed by atoms with Crippen molar-refractivity contribution in [3.05, 3.63) is 87.6 Å². The van der Waals surface area contributed by atoms with Crippen molar-refractivity contribution in [2.45, 2.75) is 13.3 Å². The average Bonchev–Trinajstić information content (AvgIpc) is 3.09. The molecule has 3 rings (SSSR count). The van der Waals surface area contributed by atoms with Gasteiger partial charge in [0.1, 0.15) is 4.88 Å². The summed E-state index contributed by atoms with van der Waals surface area (Å²) in [6.45, 7) is 1.60. The van der Waals surface area contributed by atoms with E-state index < -0.39 is 5.97 Å². The number of nitrogens with one attached hydrogen (secondary N) is 1. The number of para-hydroxylation sites is 1. The monoisotopic (exact) mass is 365 g/mol. The van der Waals surface area contributed by atoms with Gasteiger partial charge in [0.2, 0.25) is 0 Å². The van der Waals surface area contributed by atoms with Crippen molar-refractivity contribution >= 4 is 28.9 Å². The summed E-state index contributed by atoms with van der Waals surface area (Å²) in [7, 11) is 0. The molecular formula is C21H19NO3S. The molecule has 5 heteroatoms. The molecule has 0 aliphatic rings. The molecule has 0 aliphatic heterocycles. The lowest BCUT2D eigenvalue weighted by Gasteiger charge is -2.11. The summed E-state index contributed by atoms with van der Waals surface area (Å²) in [6, 6.07) is 21.2. The number of hydrogen-bond acceptors (Lipinski definition) is 4. The Morgan fingerprint density at radius 1 is 0.962 bits per heavy atom. The lowest BCUT2D eigenvalue weighted by Crippen LogP contribution is -2.21. The summed E-state index contributed by atoms with van der Waals surface area (Å²) in [6.07, 6.45) is 0.714. The number of amides is 1. The van der Waals surface area contributed by atoms with Crippen LogP contribution >= 0.6 is 11.3 Å². The second-order valence-corrected chi connectivity index (χ2v) is 7.14. The second-order valence-electron chi connectivity index (χ2n) is 5.85. The van der Waals surface area contributed by atoms with Gasteiger partial charge in [-0.2, -0.15) is 0 Å². The predicted molar refractivity (Wildman–Crippen MR) is 104 cm³/mol. The quantitative estimate of drug-likeness (QED) is 0.657. The van der Waals surface area contributed by atoms with Crippen LogP contribution in [0.1, 0.15) is 25.7 Å². The molecular weight excluding hydrogens is 346 g/mol. The molecule has 1 amide bonds. The number of rotatable bonds is 6. The highest BCUT2D eigenvalue weighted by molar-refractivity contribution is 7.13. The van der Waals surface area contributed by atoms with Gasteiger partial charge >= 0.3 is 5.97 Å². The first kappa shape index (κ1) is 17.9. The lowest BCUT2D eigenvalue weighted by molar-refractivity contribution is -0.119. The zero-order chi connectivity index (χ0) is 18.4. The van der Waals surface area contributed by atoms with Crippen LogP contribution in [-0.2, 0) is 16.0 Å².